The molecule has 0 saturated carbocycles. The Morgan fingerprint density at radius 1 is 1.18 bits per heavy atom. The Kier molecular flexibility index (Phi) is 4.85. The molecule has 0 spiro atoms. The summed E-state index contributed by atoms with van der Waals surface area (Å²) in [5.74, 6) is 1.43. The highest BCUT2D eigenvalue weighted by atomic mass is 16.7. The van der Waals surface area contributed by atoms with E-state index in [0.29, 0.717) is 11.5 Å². The van der Waals surface area contributed by atoms with Crippen LogP contribution in [0, 0.1) is 13.8 Å². The first kappa shape index (κ1) is 20.6. The molecule has 0 radical (unpaired) electrons. The third kappa shape index (κ3) is 3.47. The summed E-state index contributed by atoms with van der Waals surface area (Å²) in [5.41, 5.74) is 5.50. The maximum atomic E-state index is 12.8. The summed E-state index contributed by atoms with van der Waals surface area (Å²) in [6, 6.07) is 9.95. The van der Waals surface area contributed by atoms with Crippen LogP contribution in [0.5, 0.6) is 17.2 Å². The summed E-state index contributed by atoms with van der Waals surface area (Å²) in [6.45, 7) is 5.68. The molecule has 4 aliphatic rings. The summed E-state index contributed by atoms with van der Waals surface area (Å²) in [7, 11) is 0. The smallest absolute Gasteiger partial charge is 0.344 e. The molecule has 7 nitrogen and oxygen atoms in total. The van der Waals surface area contributed by atoms with E-state index in [4.69, 9.17) is 18.9 Å². The van der Waals surface area contributed by atoms with Crippen molar-refractivity contribution in [2.45, 2.75) is 51.0 Å². The van der Waals surface area contributed by atoms with Crippen LogP contribution >= 0.6 is 0 Å². The van der Waals surface area contributed by atoms with Gasteiger partial charge in [-0.2, -0.15) is 0 Å². The Morgan fingerprint density at radius 3 is 2.82 bits per heavy atom. The van der Waals surface area contributed by atoms with E-state index in [2.05, 4.69) is 4.90 Å². The van der Waals surface area contributed by atoms with Gasteiger partial charge in [0.15, 0.2) is 18.1 Å². The molecule has 7 heteroatoms. The molecule has 6 rings (SSSR count). The van der Waals surface area contributed by atoms with Crippen molar-refractivity contribution < 1.29 is 28.8 Å². The minimum atomic E-state index is -0.873. The molecular formula is C26H27NO6. The van der Waals surface area contributed by atoms with Gasteiger partial charge in [-0.05, 0) is 55.2 Å². The molecule has 2 aromatic rings. The van der Waals surface area contributed by atoms with Gasteiger partial charge in [0.1, 0.15) is 18.0 Å². The molecule has 4 unspecified atom stereocenters. The lowest BCUT2D eigenvalue weighted by molar-refractivity contribution is -0.159. The van der Waals surface area contributed by atoms with Crippen LogP contribution in [-0.4, -0.2) is 54.2 Å². The van der Waals surface area contributed by atoms with E-state index in [0.717, 1.165) is 47.5 Å². The molecule has 4 atom stereocenters. The van der Waals surface area contributed by atoms with E-state index in [1.165, 1.54) is 5.57 Å². The molecule has 1 saturated heterocycles. The summed E-state index contributed by atoms with van der Waals surface area (Å²) in [5, 5.41) is 11.0. The van der Waals surface area contributed by atoms with Crippen molar-refractivity contribution in [2.24, 2.45) is 0 Å². The maximum Gasteiger partial charge on any atom is 0.344 e. The Labute approximate surface area is 192 Å². The first-order chi connectivity index (χ1) is 16.0. The molecule has 3 heterocycles. The first-order valence-electron chi connectivity index (χ1n) is 11.4. The van der Waals surface area contributed by atoms with E-state index >= 15 is 0 Å². The number of hydrogen-bond acceptors (Lipinski definition) is 7. The number of aryl methyl sites for hydroxylation is 2. The largest absolute Gasteiger partial charge is 0.482 e. The number of ether oxygens (including phenoxy) is 4. The zero-order chi connectivity index (χ0) is 22.7. The van der Waals surface area contributed by atoms with Crippen LogP contribution in [0.2, 0.25) is 0 Å². The molecule has 0 aromatic heterocycles. The van der Waals surface area contributed by atoms with Gasteiger partial charge in [-0.3, -0.25) is 4.90 Å². The number of benzene rings is 2. The number of aliphatic hydroxyl groups is 1. The average molecular weight is 450 g/mol. The Balaban J connectivity index is 1.27. The van der Waals surface area contributed by atoms with Gasteiger partial charge in [0.2, 0.25) is 6.79 Å². The zero-order valence-corrected chi connectivity index (χ0v) is 18.7. The fraction of sp³-hybridized carbons (Fsp3) is 0.423. The minimum Gasteiger partial charge on any atom is -0.482 e. The first-order valence-corrected chi connectivity index (χ1v) is 11.4. The van der Waals surface area contributed by atoms with Crippen molar-refractivity contribution in [3.8, 4) is 17.2 Å². The van der Waals surface area contributed by atoms with Crippen LogP contribution in [0.25, 0.3) is 0 Å². The fourth-order valence-corrected chi connectivity index (χ4v) is 5.76. The number of fused-ring (bicyclic) bond motifs is 3. The van der Waals surface area contributed by atoms with E-state index in [1.54, 1.807) is 0 Å². The summed E-state index contributed by atoms with van der Waals surface area (Å²) < 4.78 is 22.8. The Hall–Kier alpha value is -3.03. The average Bonchev–Trinajstić information content (AvgIpc) is 3.40. The minimum absolute atomic E-state index is 0.110. The van der Waals surface area contributed by atoms with Gasteiger partial charge in [-0.25, -0.2) is 4.79 Å². The standard InChI is InChI=1S/C26H27NO6/c1-14-3-4-20(15(2)7-14)30-12-23(29)33-26-19(28)8-16-5-6-27-11-17-9-21-22(32-13-31-21)10-18(17)24(26)25(16)27/h3-4,7-10,19,24-26,28H,5-6,11-13H2,1-2H3. The molecule has 3 aliphatic heterocycles. The Morgan fingerprint density at radius 2 is 2.00 bits per heavy atom. The number of hydrogen-bond donors (Lipinski definition) is 1. The van der Waals surface area contributed by atoms with Crippen molar-refractivity contribution in [2.75, 3.05) is 19.9 Å². The predicted molar refractivity (Wildman–Crippen MR) is 120 cm³/mol. The van der Waals surface area contributed by atoms with Crippen molar-refractivity contribution in [1.82, 2.24) is 4.90 Å². The normalized spacial score (nSPS) is 26.9. The molecule has 0 bridgehead atoms. The number of rotatable bonds is 4. The van der Waals surface area contributed by atoms with Crippen LogP contribution in [0.3, 0.4) is 0 Å². The molecule has 1 fully saturated rings. The molecule has 2 aromatic carbocycles. The quantitative estimate of drug-likeness (QED) is 0.568. The second-order valence-corrected chi connectivity index (χ2v) is 9.34. The molecule has 33 heavy (non-hydrogen) atoms. The topological polar surface area (TPSA) is 77.5 Å². The maximum absolute atomic E-state index is 12.8. The molecule has 1 N–H and O–H groups in total. The number of esters is 1. The molecule has 0 amide bonds. The van der Waals surface area contributed by atoms with Gasteiger partial charge in [0.05, 0.1) is 0 Å². The van der Waals surface area contributed by atoms with Crippen LogP contribution < -0.4 is 14.2 Å². The highest BCUT2D eigenvalue weighted by Crippen LogP contribution is 2.50. The van der Waals surface area contributed by atoms with E-state index in [-0.39, 0.29) is 25.4 Å². The summed E-state index contributed by atoms with van der Waals surface area (Å²) in [4.78, 5) is 15.2. The van der Waals surface area contributed by atoms with E-state index in [1.807, 2.05) is 50.3 Å². The second kappa shape index (κ2) is 7.78. The van der Waals surface area contributed by atoms with E-state index < -0.39 is 18.2 Å². The third-order valence-electron chi connectivity index (χ3n) is 7.19. The van der Waals surface area contributed by atoms with Crippen LogP contribution in [0.1, 0.15) is 34.6 Å². The van der Waals surface area contributed by atoms with Gasteiger partial charge < -0.3 is 24.1 Å². The lowest BCUT2D eigenvalue weighted by Crippen LogP contribution is -2.51. The Bertz CT molecular complexity index is 1160. The number of nitrogens with zero attached hydrogens (tertiary/aromatic N) is 1. The third-order valence-corrected chi connectivity index (χ3v) is 7.19. The predicted octanol–water partition coefficient (Wildman–Crippen LogP) is 3.00. The number of aliphatic hydroxyl groups excluding tert-OH is 1. The van der Waals surface area contributed by atoms with Gasteiger partial charge in [0.25, 0.3) is 0 Å². The van der Waals surface area contributed by atoms with Crippen LogP contribution in [0.15, 0.2) is 42.0 Å². The summed E-state index contributed by atoms with van der Waals surface area (Å²) >= 11 is 0. The monoisotopic (exact) mass is 449 g/mol. The lowest BCUT2D eigenvalue weighted by atomic mass is 9.73. The van der Waals surface area contributed by atoms with Crippen molar-refractivity contribution in [1.29, 1.82) is 0 Å². The number of carbonyl (C=O) groups excluding carboxylic acids is 1. The van der Waals surface area contributed by atoms with Crippen molar-refractivity contribution in [3.05, 3.63) is 64.2 Å². The van der Waals surface area contributed by atoms with Crippen LogP contribution in [-0.2, 0) is 16.1 Å². The molecular weight excluding hydrogens is 422 g/mol. The molecule has 172 valence electrons. The van der Waals surface area contributed by atoms with Gasteiger partial charge in [0, 0.05) is 25.0 Å². The van der Waals surface area contributed by atoms with E-state index in [9.17, 15) is 9.90 Å². The van der Waals surface area contributed by atoms with Gasteiger partial charge >= 0.3 is 5.97 Å². The van der Waals surface area contributed by atoms with Gasteiger partial charge in [-0.1, -0.05) is 29.3 Å². The lowest BCUT2D eigenvalue weighted by Gasteiger charge is -2.45. The van der Waals surface area contributed by atoms with Crippen molar-refractivity contribution >= 4 is 5.97 Å². The number of carbonyl (C=O) groups is 1. The van der Waals surface area contributed by atoms with Gasteiger partial charge in [-0.15, -0.1) is 0 Å². The molecule has 1 aliphatic carbocycles. The zero-order valence-electron chi connectivity index (χ0n) is 18.7. The highest BCUT2D eigenvalue weighted by molar-refractivity contribution is 5.72. The van der Waals surface area contributed by atoms with Crippen molar-refractivity contribution in [3.63, 3.8) is 0 Å². The highest BCUT2D eigenvalue weighted by Gasteiger charge is 2.50. The summed E-state index contributed by atoms with van der Waals surface area (Å²) in [6.07, 6.45) is 1.22. The second-order valence-electron chi connectivity index (χ2n) is 9.34. The SMILES string of the molecule is Cc1ccc(OCC(=O)OC2C(O)C=C3CCN4Cc5cc6c(cc5C2C34)OCO6)c(C)c1. The van der Waals surface area contributed by atoms with Crippen LogP contribution in [0.4, 0.5) is 0 Å². The fourth-order valence-electron chi connectivity index (χ4n) is 5.76.